The smallest absolute Gasteiger partial charge is 0.339 e. The van der Waals surface area contributed by atoms with Crippen LogP contribution in [-0.4, -0.2) is 20.9 Å². The topological polar surface area (TPSA) is 55.1 Å². The van der Waals surface area contributed by atoms with Gasteiger partial charge in [0.05, 0.1) is 22.1 Å². The molecule has 0 aliphatic rings. The molecule has 0 atom stereocenters. The maximum absolute atomic E-state index is 11.5. The first-order valence-corrected chi connectivity index (χ1v) is 7.34. The number of halogens is 2. The molecule has 1 aromatic heterocycles. The van der Waals surface area contributed by atoms with Gasteiger partial charge in [0.2, 0.25) is 0 Å². The first kappa shape index (κ1) is 15.9. The van der Waals surface area contributed by atoms with Crippen LogP contribution < -0.4 is 0 Å². The van der Waals surface area contributed by atoms with Crippen LogP contribution in [0.1, 0.15) is 35.6 Å². The third-order valence-electron chi connectivity index (χ3n) is 3.14. The van der Waals surface area contributed by atoms with Crippen LogP contribution in [0.2, 0.25) is 10.0 Å². The fraction of sp³-hybridized carbons (Fsp3) is 0.333. The second-order valence-corrected chi connectivity index (χ2v) is 6.16. The number of carboxylic acid groups (broad SMARTS) is 1. The van der Waals surface area contributed by atoms with Crippen LogP contribution in [0, 0.1) is 12.8 Å². The molecule has 21 heavy (non-hydrogen) atoms. The van der Waals surface area contributed by atoms with E-state index >= 15 is 0 Å². The van der Waals surface area contributed by atoms with Crippen LogP contribution in [0.5, 0.6) is 0 Å². The van der Waals surface area contributed by atoms with E-state index in [9.17, 15) is 9.90 Å². The van der Waals surface area contributed by atoms with Crippen LogP contribution in [0.4, 0.5) is 0 Å². The van der Waals surface area contributed by atoms with Crippen LogP contribution in [0.3, 0.4) is 0 Å². The largest absolute Gasteiger partial charge is 0.478 e. The Morgan fingerprint density at radius 1 is 1.38 bits per heavy atom. The highest BCUT2D eigenvalue weighted by Crippen LogP contribution is 2.27. The minimum absolute atomic E-state index is 0.236. The molecule has 0 aliphatic carbocycles. The van der Waals surface area contributed by atoms with E-state index in [2.05, 4.69) is 5.10 Å². The molecule has 0 amide bonds. The van der Waals surface area contributed by atoms with E-state index in [1.165, 1.54) is 0 Å². The van der Waals surface area contributed by atoms with E-state index in [0.29, 0.717) is 39.5 Å². The van der Waals surface area contributed by atoms with Gasteiger partial charge in [-0.25, -0.2) is 9.48 Å². The summed E-state index contributed by atoms with van der Waals surface area (Å²) in [6.07, 6.45) is 0.591. The minimum Gasteiger partial charge on any atom is -0.478 e. The molecule has 0 unspecified atom stereocenters. The van der Waals surface area contributed by atoms with Crippen molar-refractivity contribution in [1.82, 2.24) is 9.78 Å². The van der Waals surface area contributed by atoms with E-state index in [4.69, 9.17) is 23.2 Å². The second kappa shape index (κ2) is 6.08. The van der Waals surface area contributed by atoms with Crippen molar-refractivity contribution in [1.29, 1.82) is 0 Å². The molecule has 0 radical (unpaired) electrons. The Balaban J connectivity index is 2.65. The molecule has 1 N–H and O–H groups in total. The fourth-order valence-electron chi connectivity index (χ4n) is 2.25. The number of aromatic nitrogens is 2. The lowest BCUT2D eigenvalue weighted by molar-refractivity contribution is 0.0694. The number of hydrogen-bond donors (Lipinski definition) is 1. The Morgan fingerprint density at radius 2 is 2.05 bits per heavy atom. The Hall–Kier alpha value is -1.52. The number of rotatable bonds is 4. The number of carbonyl (C=O) groups is 1. The highest BCUT2D eigenvalue weighted by atomic mass is 35.5. The summed E-state index contributed by atoms with van der Waals surface area (Å²) in [5.74, 6) is -0.673. The molecule has 0 spiro atoms. The summed E-state index contributed by atoms with van der Waals surface area (Å²) in [6, 6.07) is 5.02. The van der Waals surface area contributed by atoms with Crippen molar-refractivity contribution in [2.45, 2.75) is 27.2 Å². The van der Waals surface area contributed by atoms with Crippen molar-refractivity contribution >= 4 is 29.2 Å². The minimum atomic E-state index is -0.979. The Bertz CT molecular complexity index is 693. The Kier molecular flexibility index (Phi) is 4.59. The summed E-state index contributed by atoms with van der Waals surface area (Å²) in [6.45, 7) is 5.76. The number of aromatic carboxylic acids is 1. The number of carboxylic acids is 1. The van der Waals surface area contributed by atoms with Crippen molar-refractivity contribution in [2.75, 3.05) is 0 Å². The lowest BCUT2D eigenvalue weighted by Crippen LogP contribution is -2.04. The molecule has 2 aromatic rings. The van der Waals surface area contributed by atoms with Crippen molar-refractivity contribution in [3.05, 3.63) is 45.2 Å². The van der Waals surface area contributed by atoms with Gasteiger partial charge in [0.1, 0.15) is 5.56 Å². The van der Waals surface area contributed by atoms with Gasteiger partial charge in [0.15, 0.2) is 0 Å². The van der Waals surface area contributed by atoms with E-state index in [1.54, 1.807) is 29.8 Å². The molecule has 0 aliphatic heterocycles. The van der Waals surface area contributed by atoms with Crippen molar-refractivity contribution in [3.63, 3.8) is 0 Å². The molecular weight excluding hydrogens is 311 g/mol. The number of nitrogens with zero attached hydrogens (tertiary/aromatic N) is 2. The fourth-order valence-corrected chi connectivity index (χ4v) is 2.61. The van der Waals surface area contributed by atoms with Crippen molar-refractivity contribution < 1.29 is 9.90 Å². The standard InChI is InChI=1S/C15H16Cl2N2O2/c1-8(2)6-12-14(15(20)21)9(3)19(18-12)13-7-10(16)4-5-11(13)17/h4-5,7-8H,6H2,1-3H3,(H,20,21). The highest BCUT2D eigenvalue weighted by molar-refractivity contribution is 6.34. The third kappa shape index (κ3) is 3.22. The average Bonchev–Trinajstić information content (AvgIpc) is 2.68. The van der Waals surface area contributed by atoms with Crippen LogP contribution in [0.25, 0.3) is 5.69 Å². The Morgan fingerprint density at radius 3 is 2.62 bits per heavy atom. The average molecular weight is 327 g/mol. The summed E-state index contributed by atoms with van der Waals surface area (Å²) < 4.78 is 1.55. The predicted molar refractivity (Wildman–Crippen MR) is 83.8 cm³/mol. The quantitative estimate of drug-likeness (QED) is 0.906. The molecule has 6 heteroatoms. The molecular formula is C15H16Cl2N2O2. The second-order valence-electron chi connectivity index (χ2n) is 5.32. The summed E-state index contributed by atoms with van der Waals surface area (Å²) >= 11 is 12.2. The summed E-state index contributed by atoms with van der Waals surface area (Å²) in [7, 11) is 0. The van der Waals surface area contributed by atoms with E-state index < -0.39 is 5.97 Å². The van der Waals surface area contributed by atoms with Crippen molar-refractivity contribution in [3.8, 4) is 5.69 Å². The zero-order chi connectivity index (χ0) is 15.7. The van der Waals surface area contributed by atoms with Crippen molar-refractivity contribution in [2.24, 2.45) is 5.92 Å². The lowest BCUT2D eigenvalue weighted by atomic mass is 10.0. The van der Waals surface area contributed by atoms with Gasteiger partial charge in [-0.05, 0) is 37.5 Å². The maximum Gasteiger partial charge on any atom is 0.339 e. The van der Waals surface area contributed by atoms with E-state index in [1.807, 2.05) is 13.8 Å². The van der Waals surface area contributed by atoms with E-state index in [0.717, 1.165) is 0 Å². The number of hydrogen-bond acceptors (Lipinski definition) is 2. The normalized spacial score (nSPS) is 11.1. The molecule has 1 heterocycles. The van der Waals surface area contributed by atoms with Gasteiger partial charge < -0.3 is 5.11 Å². The van der Waals surface area contributed by atoms with Crippen LogP contribution in [0.15, 0.2) is 18.2 Å². The van der Waals surface area contributed by atoms with Gasteiger partial charge in [-0.2, -0.15) is 5.10 Å². The molecule has 0 saturated heterocycles. The van der Waals surface area contributed by atoms with Gasteiger partial charge in [0.25, 0.3) is 0 Å². The first-order valence-electron chi connectivity index (χ1n) is 6.58. The predicted octanol–water partition coefficient (Wildman–Crippen LogP) is 4.38. The van der Waals surface area contributed by atoms with Gasteiger partial charge in [0, 0.05) is 5.02 Å². The van der Waals surface area contributed by atoms with Gasteiger partial charge in [-0.3, -0.25) is 0 Å². The number of benzene rings is 1. The molecule has 4 nitrogen and oxygen atoms in total. The van der Waals surface area contributed by atoms with Crippen LogP contribution in [-0.2, 0) is 6.42 Å². The molecule has 0 fully saturated rings. The zero-order valence-electron chi connectivity index (χ0n) is 12.0. The SMILES string of the molecule is Cc1c(C(=O)O)c(CC(C)C)nn1-c1cc(Cl)ccc1Cl. The molecule has 112 valence electrons. The third-order valence-corrected chi connectivity index (χ3v) is 3.70. The molecule has 2 rings (SSSR count). The molecule has 1 aromatic carbocycles. The van der Waals surface area contributed by atoms with Gasteiger partial charge >= 0.3 is 5.97 Å². The monoisotopic (exact) mass is 326 g/mol. The van der Waals surface area contributed by atoms with E-state index in [-0.39, 0.29) is 5.56 Å². The Labute approximate surface area is 133 Å². The summed E-state index contributed by atoms with van der Waals surface area (Å²) in [5, 5.41) is 14.9. The molecule has 0 saturated carbocycles. The highest BCUT2D eigenvalue weighted by Gasteiger charge is 2.22. The summed E-state index contributed by atoms with van der Waals surface area (Å²) in [5.41, 5.74) is 1.92. The zero-order valence-corrected chi connectivity index (χ0v) is 13.5. The summed E-state index contributed by atoms with van der Waals surface area (Å²) in [4.78, 5) is 11.5. The maximum atomic E-state index is 11.5. The first-order chi connectivity index (χ1) is 9.81. The molecule has 0 bridgehead atoms. The van der Waals surface area contributed by atoms with Gasteiger partial charge in [-0.15, -0.1) is 0 Å². The lowest BCUT2D eigenvalue weighted by Gasteiger charge is -2.07. The van der Waals surface area contributed by atoms with Crippen LogP contribution >= 0.6 is 23.2 Å². The van der Waals surface area contributed by atoms with Gasteiger partial charge in [-0.1, -0.05) is 37.0 Å².